The SMILES string of the molecule is O=C(NCC(c1ccccc1)c1c[nH]c2ccccc12)c1ccco1. The fourth-order valence-corrected chi connectivity index (χ4v) is 3.16. The summed E-state index contributed by atoms with van der Waals surface area (Å²) in [5, 5.41) is 4.16. The van der Waals surface area contributed by atoms with Gasteiger partial charge in [0.05, 0.1) is 6.26 Å². The van der Waals surface area contributed by atoms with E-state index in [2.05, 4.69) is 34.6 Å². The summed E-state index contributed by atoms with van der Waals surface area (Å²) in [7, 11) is 0. The lowest BCUT2D eigenvalue weighted by atomic mass is 9.91. The average Bonchev–Trinajstić information content (AvgIpc) is 3.33. The maximum Gasteiger partial charge on any atom is 0.287 e. The minimum Gasteiger partial charge on any atom is -0.459 e. The topological polar surface area (TPSA) is 58.0 Å². The van der Waals surface area contributed by atoms with Gasteiger partial charge in [0.1, 0.15) is 0 Å². The van der Waals surface area contributed by atoms with Crippen molar-refractivity contribution in [3.8, 4) is 0 Å². The number of aromatic nitrogens is 1. The Balaban J connectivity index is 1.66. The van der Waals surface area contributed by atoms with Gasteiger partial charge in [0.2, 0.25) is 0 Å². The predicted molar refractivity (Wildman–Crippen MR) is 97.6 cm³/mol. The van der Waals surface area contributed by atoms with E-state index in [1.54, 1.807) is 12.1 Å². The molecule has 0 aliphatic rings. The number of benzene rings is 2. The van der Waals surface area contributed by atoms with E-state index >= 15 is 0 Å². The van der Waals surface area contributed by atoms with E-state index in [-0.39, 0.29) is 11.8 Å². The van der Waals surface area contributed by atoms with Crippen LogP contribution in [-0.4, -0.2) is 17.4 Å². The van der Waals surface area contributed by atoms with Crippen molar-refractivity contribution in [3.63, 3.8) is 0 Å². The molecule has 2 N–H and O–H groups in total. The van der Waals surface area contributed by atoms with Crippen molar-refractivity contribution in [2.45, 2.75) is 5.92 Å². The molecule has 25 heavy (non-hydrogen) atoms. The number of carbonyl (C=O) groups is 1. The third-order valence-corrected chi connectivity index (χ3v) is 4.41. The summed E-state index contributed by atoms with van der Waals surface area (Å²) in [6, 6.07) is 21.8. The highest BCUT2D eigenvalue weighted by Gasteiger charge is 2.19. The number of rotatable bonds is 5. The molecule has 1 unspecified atom stereocenters. The van der Waals surface area contributed by atoms with Crippen LogP contribution < -0.4 is 5.32 Å². The Kier molecular flexibility index (Phi) is 4.09. The Morgan fingerprint density at radius 1 is 1.00 bits per heavy atom. The minimum absolute atomic E-state index is 0.0521. The first-order valence-corrected chi connectivity index (χ1v) is 8.25. The largest absolute Gasteiger partial charge is 0.459 e. The van der Waals surface area contributed by atoms with Crippen molar-refractivity contribution in [3.05, 3.63) is 96.1 Å². The Hall–Kier alpha value is -3.27. The third kappa shape index (κ3) is 3.06. The minimum atomic E-state index is -0.203. The number of amides is 1. The molecule has 4 heteroatoms. The molecule has 2 aromatic heterocycles. The first-order valence-electron chi connectivity index (χ1n) is 8.25. The highest BCUT2D eigenvalue weighted by Crippen LogP contribution is 2.30. The molecule has 2 heterocycles. The van der Waals surface area contributed by atoms with E-state index in [0.717, 1.165) is 11.1 Å². The number of hydrogen-bond acceptors (Lipinski definition) is 2. The lowest BCUT2D eigenvalue weighted by Gasteiger charge is -2.18. The van der Waals surface area contributed by atoms with Gasteiger partial charge in [0.15, 0.2) is 5.76 Å². The smallest absolute Gasteiger partial charge is 0.287 e. The molecule has 4 nitrogen and oxygen atoms in total. The second kappa shape index (κ2) is 6.69. The molecule has 0 spiro atoms. The second-order valence-electron chi connectivity index (χ2n) is 5.94. The number of furan rings is 1. The van der Waals surface area contributed by atoms with Gasteiger partial charge in [-0.05, 0) is 29.3 Å². The van der Waals surface area contributed by atoms with Crippen molar-refractivity contribution in [1.29, 1.82) is 0 Å². The molecule has 0 bridgehead atoms. The summed E-state index contributed by atoms with van der Waals surface area (Å²) in [6.07, 6.45) is 3.53. The highest BCUT2D eigenvalue weighted by molar-refractivity contribution is 5.91. The Morgan fingerprint density at radius 3 is 2.60 bits per heavy atom. The van der Waals surface area contributed by atoms with Crippen molar-refractivity contribution in [2.75, 3.05) is 6.54 Å². The number of carbonyl (C=O) groups excluding carboxylic acids is 1. The molecular formula is C21H18N2O2. The first-order chi connectivity index (χ1) is 12.3. The van der Waals surface area contributed by atoms with Gasteiger partial charge in [-0.15, -0.1) is 0 Å². The van der Waals surface area contributed by atoms with Crippen molar-refractivity contribution < 1.29 is 9.21 Å². The standard InChI is InChI=1S/C21H18N2O2/c24-21(20-11-6-12-25-20)23-13-17(15-7-2-1-3-8-15)18-14-22-19-10-5-4-9-16(18)19/h1-12,14,17,22H,13H2,(H,23,24). The molecule has 2 aromatic carbocycles. The second-order valence-corrected chi connectivity index (χ2v) is 5.94. The van der Waals surface area contributed by atoms with Gasteiger partial charge in [-0.1, -0.05) is 48.5 Å². The van der Waals surface area contributed by atoms with Gasteiger partial charge in [0, 0.05) is 29.6 Å². The normalized spacial score (nSPS) is 12.2. The van der Waals surface area contributed by atoms with E-state index in [1.165, 1.54) is 17.2 Å². The van der Waals surface area contributed by atoms with Crippen LogP contribution in [-0.2, 0) is 0 Å². The summed E-state index contributed by atoms with van der Waals surface area (Å²) < 4.78 is 5.18. The quantitative estimate of drug-likeness (QED) is 0.572. The summed E-state index contributed by atoms with van der Waals surface area (Å²) in [4.78, 5) is 15.6. The van der Waals surface area contributed by atoms with Crippen molar-refractivity contribution in [2.24, 2.45) is 0 Å². The Morgan fingerprint density at radius 2 is 1.80 bits per heavy atom. The Labute approximate surface area is 145 Å². The fraction of sp³-hybridized carbons (Fsp3) is 0.0952. The van der Waals surface area contributed by atoms with Gasteiger partial charge in [-0.25, -0.2) is 0 Å². The Bertz CT molecular complexity index is 971. The van der Waals surface area contributed by atoms with Gasteiger partial charge >= 0.3 is 0 Å². The number of aromatic amines is 1. The number of para-hydroxylation sites is 1. The van der Waals surface area contributed by atoms with Crippen LogP contribution in [0.3, 0.4) is 0 Å². The summed E-state index contributed by atoms with van der Waals surface area (Å²) in [6.45, 7) is 0.491. The molecule has 4 aromatic rings. The zero-order valence-corrected chi connectivity index (χ0v) is 13.6. The van der Waals surface area contributed by atoms with Gasteiger partial charge in [-0.3, -0.25) is 4.79 Å². The number of nitrogens with one attached hydrogen (secondary N) is 2. The molecule has 4 rings (SSSR count). The van der Waals surface area contributed by atoms with Crippen LogP contribution in [0.2, 0.25) is 0 Å². The van der Waals surface area contributed by atoms with Crippen LogP contribution in [0.5, 0.6) is 0 Å². The monoisotopic (exact) mass is 330 g/mol. The summed E-state index contributed by atoms with van der Waals surface area (Å²) >= 11 is 0. The van der Waals surface area contributed by atoms with E-state index in [1.807, 2.05) is 36.5 Å². The number of fused-ring (bicyclic) bond motifs is 1. The van der Waals surface area contributed by atoms with Crippen LogP contribution in [0.25, 0.3) is 10.9 Å². The molecule has 0 radical (unpaired) electrons. The van der Waals surface area contributed by atoms with Crippen molar-refractivity contribution >= 4 is 16.8 Å². The van der Waals surface area contributed by atoms with E-state index in [9.17, 15) is 4.79 Å². The molecule has 1 amide bonds. The predicted octanol–water partition coefficient (Wildman–Crippen LogP) is 4.32. The van der Waals surface area contributed by atoms with Crippen LogP contribution in [0, 0.1) is 0 Å². The summed E-state index contributed by atoms with van der Waals surface area (Å²) in [5.41, 5.74) is 3.42. The number of H-pyrrole nitrogens is 1. The van der Waals surface area contributed by atoms with E-state index in [4.69, 9.17) is 4.42 Å². The molecule has 0 aliphatic heterocycles. The van der Waals surface area contributed by atoms with E-state index < -0.39 is 0 Å². The number of hydrogen-bond donors (Lipinski definition) is 2. The fourth-order valence-electron chi connectivity index (χ4n) is 3.16. The van der Waals surface area contributed by atoms with Gasteiger partial charge in [-0.2, -0.15) is 0 Å². The van der Waals surface area contributed by atoms with Crippen LogP contribution >= 0.6 is 0 Å². The van der Waals surface area contributed by atoms with Gasteiger partial charge in [0.25, 0.3) is 5.91 Å². The maximum absolute atomic E-state index is 12.3. The first kappa shape index (κ1) is 15.3. The zero-order valence-electron chi connectivity index (χ0n) is 13.6. The lowest BCUT2D eigenvalue weighted by Crippen LogP contribution is -2.28. The third-order valence-electron chi connectivity index (χ3n) is 4.41. The molecule has 124 valence electrons. The molecule has 0 saturated heterocycles. The maximum atomic E-state index is 12.3. The highest BCUT2D eigenvalue weighted by atomic mass is 16.3. The molecule has 0 fully saturated rings. The lowest BCUT2D eigenvalue weighted by molar-refractivity contribution is 0.0925. The van der Waals surface area contributed by atoms with Crippen LogP contribution in [0.15, 0.2) is 83.6 Å². The molecule has 0 aliphatic carbocycles. The average molecular weight is 330 g/mol. The molecule has 0 saturated carbocycles. The summed E-state index contributed by atoms with van der Waals surface area (Å²) in [5.74, 6) is 0.174. The molecule has 1 atom stereocenters. The zero-order chi connectivity index (χ0) is 17.1. The van der Waals surface area contributed by atoms with Gasteiger partial charge < -0.3 is 14.7 Å². The van der Waals surface area contributed by atoms with Crippen LogP contribution in [0.1, 0.15) is 27.6 Å². The molecular weight excluding hydrogens is 312 g/mol. The van der Waals surface area contributed by atoms with Crippen molar-refractivity contribution in [1.82, 2.24) is 10.3 Å². The van der Waals surface area contributed by atoms with Crippen LogP contribution in [0.4, 0.5) is 0 Å². The van der Waals surface area contributed by atoms with E-state index in [0.29, 0.717) is 12.3 Å².